The molecule has 27 heavy (non-hydrogen) atoms. The Kier molecular flexibility index (Phi) is 5.48. The first-order valence-corrected chi connectivity index (χ1v) is 8.47. The van der Waals surface area contributed by atoms with Crippen LogP contribution in [0.25, 0.3) is 0 Å². The van der Waals surface area contributed by atoms with E-state index >= 15 is 0 Å². The van der Waals surface area contributed by atoms with E-state index in [2.05, 4.69) is 16.0 Å². The van der Waals surface area contributed by atoms with Crippen LogP contribution in [0.1, 0.15) is 43.2 Å². The zero-order chi connectivity index (χ0) is 19.4. The molecular formula is C20H19N3O4. The van der Waals surface area contributed by atoms with Gasteiger partial charge in [-0.05, 0) is 23.1 Å². The minimum atomic E-state index is -0.750. The summed E-state index contributed by atoms with van der Waals surface area (Å²) >= 11 is 0. The van der Waals surface area contributed by atoms with Crippen LogP contribution in [0.4, 0.5) is 0 Å². The van der Waals surface area contributed by atoms with Crippen molar-refractivity contribution in [1.29, 1.82) is 5.26 Å². The minimum absolute atomic E-state index is 0.0752. The number of pyridine rings is 1. The lowest BCUT2D eigenvalue weighted by Crippen LogP contribution is -2.33. The van der Waals surface area contributed by atoms with Gasteiger partial charge >= 0.3 is 11.9 Å². The molecule has 0 amide bonds. The molecule has 2 aromatic rings. The first-order valence-electron chi connectivity index (χ1n) is 8.47. The Balaban J connectivity index is 2.05. The summed E-state index contributed by atoms with van der Waals surface area (Å²) in [6.07, 6.45) is 0.537. The van der Waals surface area contributed by atoms with Crippen molar-refractivity contribution in [2.24, 2.45) is 0 Å². The number of hydrogen-bond donors (Lipinski definition) is 0. The number of esters is 2. The molecule has 1 aliphatic heterocycles. The van der Waals surface area contributed by atoms with Gasteiger partial charge in [-0.3, -0.25) is 4.90 Å². The first kappa shape index (κ1) is 18.5. The van der Waals surface area contributed by atoms with Gasteiger partial charge in [0.15, 0.2) is 11.4 Å². The minimum Gasteiger partial charge on any atom is -0.464 e. The highest BCUT2D eigenvalue weighted by atomic mass is 16.5. The third-order valence-corrected chi connectivity index (χ3v) is 4.59. The molecule has 1 aromatic carbocycles. The summed E-state index contributed by atoms with van der Waals surface area (Å²) in [5, 5.41) is 9.65. The van der Waals surface area contributed by atoms with Crippen LogP contribution in [0, 0.1) is 11.3 Å². The van der Waals surface area contributed by atoms with Crippen molar-refractivity contribution in [3.63, 3.8) is 0 Å². The van der Waals surface area contributed by atoms with Crippen LogP contribution in [0.15, 0.2) is 30.3 Å². The molecule has 2 heterocycles. The van der Waals surface area contributed by atoms with Gasteiger partial charge in [0.25, 0.3) is 0 Å². The van der Waals surface area contributed by atoms with E-state index in [9.17, 15) is 14.9 Å². The topological polar surface area (TPSA) is 92.5 Å². The van der Waals surface area contributed by atoms with E-state index in [0.29, 0.717) is 37.2 Å². The van der Waals surface area contributed by atoms with E-state index in [1.54, 1.807) is 0 Å². The van der Waals surface area contributed by atoms with Crippen LogP contribution in [0.3, 0.4) is 0 Å². The Bertz CT molecular complexity index is 919. The fraction of sp³-hybridized carbons (Fsp3) is 0.300. The standard InChI is InChI=1S/C20H19N3O4/c1-26-19(24)17-14-8-9-23(11-13-6-4-3-5-7-13)12-16(14)15(10-21)18(22-17)20(25)27-2/h3-7H,8-9,11-12H2,1-2H3. The number of hydrogen-bond acceptors (Lipinski definition) is 7. The van der Waals surface area contributed by atoms with Crippen LogP contribution in [-0.4, -0.2) is 42.6 Å². The fourth-order valence-electron chi connectivity index (χ4n) is 3.30. The van der Waals surface area contributed by atoms with Gasteiger partial charge in [0, 0.05) is 19.6 Å². The number of nitriles is 1. The molecule has 0 aliphatic carbocycles. The number of benzene rings is 1. The van der Waals surface area contributed by atoms with Crippen LogP contribution in [-0.2, 0) is 29.0 Å². The van der Waals surface area contributed by atoms with E-state index in [1.165, 1.54) is 14.2 Å². The number of methoxy groups -OCH3 is 2. The third-order valence-electron chi connectivity index (χ3n) is 4.59. The molecule has 0 saturated heterocycles. The molecule has 0 N–H and O–H groups in total. The summed E-state index contributed by atoms with van der Waals surface area (Å²) in [5.41, 5.74) is 2.52. The number of fused-ring (bicyclic) bond motifs is 1. The SMILES string of the molecule is COC(=O)c1nc(C(=O)OC)c2c(c1C#N)CN(Cc1ccccc1)CC2. The molecule has 0 bridgehead atoms. The number of carbonyl (C=O) groups excluding carboxylic acids is 2. The molecule has 1 aliphatic rings. The normalized spacial score (nSPS) is 13.4. The molecule has 1 aromatic heterocycles. The quantitative estimate of drug-likeness (QED) is 0.766. The monoisotopic (exact) mass is 365 g/mol. The van der Waals surface area contributed by atoms with Crippen LogP contribution >= 0.6 is 0 Å². The van der Waals surface area contributed by atoms with E-state index in [0.717, 1.165) is 5.56 Å². The summed E-state index contributed by atoms with van der Waals surface area (Å²) in [7, 11) is 2.47. The smallest absolute Gasteiger partial charge is 0.358 e. The number of ether oxygens (including phenoxy) is 2. The summed E-state index contributed by atoms with van der Waals surface area (Å²) < 4.78 is 9.56. The predicted octanol–water partition coefficient (Wildman–Crippen LogP) is 2.08. The van der Waals surface area contributed by atoms with Crippen molar-refractivity contribution in [2.75, 3.05) is 20.8 Å². The maximum absolute atomic E-state index is 12.2. The lowest BCUT2D eigenvalue weighted by atomic mass is 9.92. The highest BCUT2D eigenvalue weighted by molar-refractivity contribution is 5.95. The van der Waals surface area contributed by atoms with E-state index in [4.69, 9.17) is 9.47 Å². The zero-order valence-corrected chi connectivity index (χ0v) is 15.2. The highest BCUT2D eigenvalue weighted by Crippen LogP contribution is 2.28. The summed E-state index contributed by atoms with van der Waals surface area (Å²) in [5.74, 6) is -1.38. The molecule has 0 saturated carbocycles. The molecule has 0 spiro atoms. The second kappa shape index (κ2) is 7.98. The van der Waals surface area contributed by atoms with Crippen molar-refractivity contribution < 1.29 is 19.1 Å². The van der Waals surface area contributed by atoms with Gasteiger partial charge in [-0.15, -0.1) is 0 Å². The number of rotatable bonds is 4. The van der Waals surface area contributed by atoms with E-state index in [1.807, 2.05) is 30.3 Å². The largest absolute Gasteiger partial charge is 0.464 e. The lowest BCUT2D eigenvalue weighted by Gasteiger charge is -2.30. The maximum Gasteiger partial charge on any atom is 0.358 e. The summed E-state index contributed by atoms with van der Waals surface area (Å²) in [4.78, 5) is 30.6. The summed E-state index contributed by atoms with van der Waals surface area (Å²) in [6, 6.07) is 12.0. The third kappa shape index (κ3) is 3.66. The van der Waals surface area contributed by atoms with Gasteiger partial charge in [0.05, 0.1) is 19.8 Å². The Hall–Kier alpha value is -3.24. The lowest BCUT2D eigenvalue weighted by molar-refractivity contribution is 0.0583. The zero-order valence-electron chi connectivity index (χ0n) is 15.2. The van der Waals surface area contributed by atoms with Gasteiger partial charge in [0.2, 0.25) is 0 Å². The average molecular weight is 365 g/mol. The molecule has 7 nitrogen and oxygen atoms in total. The Labute approximate surface area is 157 Å². The van der Waals surface area contributed by atoms with E-state index in [-0.39, 0.29) is 17.0 Å². The van der Waals surface area contributed by atoms with Crippen molar-refractivity contribution in [1.82, 2.24) is 9.88 Å². The van der Waals surface area contributed by atoms with Crippen molar-refractivity contribution >= 4 is 11.9 Å². The van der Waals surface area contributed by atoms with Gasteiger partial charge in [0.1, 0.15) is 6.07 Å². The Morgan fingerprint density at radius 3 is 2.41 bits per heavy atom. The maximum atomic E-state index is 12.2. The summed E-state index contributed by atoms with van der Waals surface area (Å²) in [6.45, 7) is 1.84. The van der Waals surface area contributed by atoms with Crippen LogP contribution < -0.4 is 0 Å². The van der Waals surface area contributed by atoms with Gasteiger partial charge in [-0.1, -0.05) is 30.3 Å². The molecule has 7 heteroatoms. The van der Waals surface area contributed by atoms with Crippen molar-refractivity contribution in [3.8, 4) is 6.07 Å². The van der Waals surface area contributed by atoms with Gasteiger partial charge in [-0.25, -0.2) is 14.6 Å². The fourth-order valence-corrected chi connectivity index (χ4v) is 3.30. The van der Waals surface area contributed by atoms with Gasteiger partial charge < -0.3 is 9.47 Å². The average Bonchev–Trinajstić information content (AvgIpc) is 2.72. The van der Waals surface area contributed by atoms with E-state index < -0.39 is 11.9 Å². The van der Waals surface area contributed by atoms with Crippen LogP contribution in [0.2, 0.25) is 0 Å². The first-order chi connectivity index (χ1) is 13.1. The Morgan fingerprint density at radius 2 is 1.78 bits per heavy atom. The molecule has 0 atom stereocenters. The molecule has 138 valence electrons. The number of aromatic nitrogens is 1. The number of carbonyl (C=O) groups is 2. The van der Waals surface area contributed by atoms with Crippen LogP contribution in [0.5, 0.6) is 0 Å². The molecular weight excluding hydrogens is 346 g/mol. The molecule has 3 rings (SSSR count). The second-order valence-corrected chi connectivity index (χ2v) is 6.18. The predicted molar refractivity (Wildman–Crippen MR) is 95.9 cm³/mol. The van der Waals surface area contributed by atoms with Gasteiger partial charge in [-0.2, -0.15) is 5.26 Å². The van der Waals surface area contributed by atoms with Crippen molar-refractivity contribution in [3.05, 3.63) is 64.0 Å². The molecule has 0 fully saturated rings. The second-order valence-electron chi connectivity index (χ2n) is 6.18. The highest BCUT2D eigenvalue weighted by Gasteiger charge is 2.30. The number of nitrogens with zero attached hydrogens (tertiary/aromatic N) is 3. The Morgan fingerprint density at radius 1 is 1.11 bits per heavy atom. The van der Waals surface area contributed by atoms with Crippen molar-refractivity contribution in [2.45, 2.75) is 19.5 Å². The molecule has 0 unspecified atom stereocenters. The molecule has 0 radical (unpaired) electrons.